The van der Waals surface area contributed by atoms with Gasteiger partial charge in [-0.05, 0) is 89.5 Å². The lowest BCUT2D eigenvalue weighted by molar-refractivity contribution is 0.00578. The Kier molecular flexibility index (Phi) is 7.51. The van der Waals surface area contributed by atoms with Gasteiger partial charge in [-0.2, -0.15) is 0 Å². The Morgan fingerprint density at radius 3 is 1.76 bits per heavy atom. The average molecular weight is 503 g/mol. The summed E-state index contributed by atoms with van der Waals surface area (Å²) in [5, 5.41) is 0. The number of allylic oxidation sites excluding steroid dienone is 1. The standard InChI is InChI=1S/C32H43BO4/c1-20(22-14-16-23(17-15-22)21(2)29(3,4)5)25-18-24(28(34)35-13)19-26(30(6,7)8)27(25)33-36-31(9,10)32(11,12)37-33/h14-19H,1-2H2,3-13H3. The molecule has 0 amide bonds. The number of methoxy groups -OCH3 is 1. The fourth-order valence-electron chi connectivity index (χ4n) is 4.44. The molecule has 1 aliphatic rings. The molecular weight excluding hydrogens is 459 g/mol. The summed E-state index contributed by atoms with van der Waals surface area (Å²) in [5.41, 5.74) is 5.69. The molecule has 1 fully saturated rings. The molecule has 2 aromatic carbocycles. The molecule has 0 bridgehead atoms. The Bertz CT molecular complexity index is 1210. The van der Waals surface area contributed by atoms with Gasteiger partial charge >= 0.3 is 13.1 Å². The van der Waals surface area contributed by atoms with Crippen molar-refractivity contribution in [1.82, 2.24) is 0 Å². The van der Waals surface area contributed by atoms with E-state index in [0.717, 1.165) is 38.9 Å². The molecule has 0 N–H and O–H groups in total. The van der Waals surface area contributed by atoms with E-state index in [4.69, 9.17) is 14.0 Å². The SMILES string of the molecule is C=C(c1ccc(C(=C)C(C)(C)C)cc1)c1cc(C(=O)OC)cc(C(C)(C)C)c1B1OC(C)(C)C(C)(C)O1. The molecule has 0 atom stereocenters. The van der Waals surface area contributed by atoms with E-state index in [9.17, 15) is 4.79 Å². The van der Waals surface area contributed by atoms with Gasteiger partial charge in [0, 0.05) is 0 Å². The predicted octanol–water partition coefficient (Wildman–Crippen LogP) is 7.19. The van der Waals surface area contributed by atoms with Crippen molar-refractivity contribution < 1.29 is 18.8 Å². The van der Waals surface area contributed by atoms with E-state index in [0.29, 0.717) is 5.56 Å². The Morgan fingerprint density at radius 2 is 1.32 bits per heavy atom. The second kappa shape index (κ2) is 9.60. The third-order valence-electron chi connectivity index (χ3n) is 7.71. The van der Waals surface area contributed by atoms with Gasteiger partial charge in [0.05, 0.1) is 23.9 Å². The van der Waals surface area contributed by atoms with Gasteiger partial charge in [0.15, 0.2) is 0 Å². The number of rotatable bonds is 5. The lowest BCUT2D eigenvalue weighted by atomic mass is 9.65. The fraction of sp³-hybridized carbons (Fsp3) is 0.469. The molecule has 2 aromatic rings. The zero-order valence-electron chi connectivity index (χ0n) is 24.6. The van der Waals surface area contributed by atoms with Crippen LogP contribution in [0.5, 0.6) is 0 Å². The van der Waals surface area contributed by atoms with Gasteiger partial charge in [-0.1, -0.05) is 79.0 Å². The van der Waals surface area contributed by atoms with Crippen LogP contribution in [0.1, 0.15) is 102 Å². The lowest BCUT2D eigenvalue weighted by Gasteiger charge is -2.32. The van der Waals surface area contributed by atoms with Crippen LogP contribution in [0.2, 0.25) is 0 Å². The molecule has 198 valence electrons. The monoisotopic (exact) mass is 502 g/mol. The van der Waals surface area contributed by atoms with Gasteiger partial charge in [0.2, 0.25) is 0 Å². The molecule has 1 saturated heterocycles. The zero-order chi connectivity index (χ0) is 28.1. The van der Waals surface area contributed by atoms with Gasteiger partial charge in [-0.15, -0.1) is 0 Å². The molecule has 1 heterocycles. The van der Waals surface area contributed by atoms with E-state index in [1.807, 2.05) is 39.8 Å². The Balaban J connectivity index is 2.24. The molecule has 0 spiro atoms. The van der Waals surface area contributed by atoms with E-state index in [2.05, 4.69) is 79.0 Å². The number of hydrogen-bond acceptors (Lipinski definition) is 4. The van der Waals surface area contributed by atoms with E-state index in [1.165, 1.54) is 7.11 Å². The van der Waals surface area contributed by atoms with Gasteiger partial charge in [0.1, 0.15) is 0 Å². The highest BCUT2D eigenvalue weighted by molar-refractivity contribution is 6.64. The summed E-state index contributed by atoms with van der Waals surface area (Å²) >= 11 is 0. The van der Waals surface area contributed by atoms with Crippen LogP contribution in [0.4, 0.5) is 0 Å². The average Bonchev–Trinajstić information content (AvgIpc) is 3.02. The quantitative estimate of drug-likeness (QED) is 0.321. The minimum absolute atomic E-state index is 0.0289. The maximum absolute atomic E-state index is 12.7. The van der Waals surface area contributed by atoms with Crippen LogP contribution >= 0.6 is 0 Å². The van der Waals surface area contributed by atoms with Crippen LogP contribution in [-0.4, -0.2) is 31.4 Å². The highest BCUT2D eigenvalue weighted by atomic mass is 16.7. The highest BCUT2D eigenvalue weighted by Crippen LogP contribution is 2.39. The normalized spacial score (nSPS) is 17.0. The van der Waals surface area contributed by atoms with Gasteiger partial charge in [-0.25, -0.2) is 4.79 Å². The van der Waals surface area contributed by atoms with Crippen molar-refractivity contribution in [2.75, 3.05) is 7.11 Å². The third kappa shape index (κ3) is 5.63. The number of hydrogen-bond donors (Lipinski definition) is 0. The summed E-state index contributed by atoms with van der Waals surface area (Å²) in [7, 11) is 0.786. The highest BCUT2D eigenvalue weighted by Gasteiger charge is 2.53. The van der Waals surface area contributed by atoms with Crippen LogP contribution in [0.15, 0.2) is 49.6 Å². The number of ether oxygens (including phenoxy) is 1. The van der Waals surface area contributed by atoms with Crippen molar-refractivity contribution in [3.63, 3.8) is 0 Å². The number of carbonyl (C=O) groups is 1. The van der Waals surface area contributed by atoms with Crippen LogP contribution in [0.3, 0.4) is 0 Å². The van der Waals surface area contributed by atoms with Crippen LogP contribution in [0.25, 0.3) is 11.1 Å². The minimum Gasteiger partial charge on any atom is -0.465 e. The van der Waals surface area contributed by atoms with Crippen molar-refractivity contribution >= 4 is 29.7 Å². The molecular formula is C32H43BO4. The van der Waals surface area contributed by atoms with E-state index >= 15 is 0 Å². The molecule has 5 heteroatoms. The van der Waals surface area contributed by atoms with Crippen LogP contribution in [0, 0.1) is 5.41 Å². The minimum atomic E-state index is -0.613. The predicted molar refractivity (Wildman–Crippen MR) is 155 cm³/mol. The van der Waals surface area contributed by atoms with Crippen molar-refractivity contribution in [2.45, 2.75) is 85.9 Å². The van der Waals surface area contributed by atoms with E-state index in [1.54, 1.807) is 0 Å². The largest absolute Gasteiger partial charge is 0.495 e. The molecule has 1 aliphatic heterocycles. The molecule has 0 saturated carbocycles. The third-order valence-corrected chi connectivity index (χ3v) is 7.71. The zero-order valence-corrected chi connectivity index (χ0v) is 24.6. The topological polar surface area (TPSA) is 44.8 Å². The Labute approximate surface area is 224 Å². The maximum Gasteiger partial charge on any atom is 0.495 e. The summed E-state index contributed by atoms with van der Waals surface area (Å²) < 4.78 is 18.2. The first-order valence-corrected chi connectivity index (χ1v) is 12.9. The Hall–Kier alpha value is -2.63. The van der Waals surface area contributed by atoms with Crippen LogP contribution < -0.4 is 5.46 Å². The summed E-state index contributed by atoms with van der Waals surface area (Å²) in [6, 6.07) is 12.0. The fourth-order valence-corrected chi connectivity index (χ4v) is 4.44. The van der Waals surface area contributed by atoms with Crippen molar-refractivity contribution in [3.05, 3.63) is 77.4 Å². The summed E-state index contributed by atoms with van der Waals surface area (Å²) in [6.07, 6.45) is 0. The van der Waals surface area contributed by atoms with Crippen molar-refractivity contribution in [3.8, 4) is 0 Å². The smallest absolute Gasteiger partial charge is 0.465 e. The molecule has 37 heavy (non-hydrogen) atoms. The first kappa shape index (κ1) is 28.9. The van der Waals surface area contributed by atoms with Gasteiger partial charge < -0.3 is 14.0 Å². The number of carbonyl (C=O) groups excluding carboxylic acids is 1. The molecule has 0 aromatic heterocycles. The summed E-state index contributed by atoms with van der Waals surface area (Å²) in [6.45, 7) is 29.8. The van der Waals surface area contributed by atoms with Crippen LogP contribution in [-0.2, 0) is 19.5 Å². The molecule has 4 nitrogen and oxygen atoms in total. The molecule has 3 rings (SSSR count). The number of benzene rings is 2. The second-order valence-corrected chi connectivity index (χ2v) is 13.1. The maximum atomic E-state index is 12.7. The lowest BCUT2D eigenvalue weighted by Crippen LogP contribution is -2.42. The first-order valence-electron chi connectivity index (χ1n) is 12.9. The molecule has 0 radical (unpaired) electrons. The second-order valence-electron chi connectivity index (χ2n) is 13.1. The van der Waals surface area contributed by atoms with E-state index < -0.39 is 24.3 Å². The van der Waals surface area contributed by atoms with Gasteiger partial charge in [-0.3, -0.25) is 0 Å². The van der Waals surface area contributed by atoms with Crippen molar-refractivity contribution in [1.29, 1.82) is 0 Å². The summed E-state index contributed by atoms with van der Waals surface area (Å²) in [4.78, 5) is 12.7. The van der Waals surface area contributed by atoms with E-state index in [-0.39, 0.29) is 10.8 Å². The molecule has 0 unspecified atom stereocenters. The van der Waals surface area contributed by atoms with Crippen molar-refractivity contribution in [2.24, 2.45) is 5.41 Å². The number of esters is 1. The Morgan fingerprint density at radius 1 is 0.838 bits per heavy atom. The first-order chi connectivity index (χ1) is 16.8. The van der Waals surface area contributed by atoms with Gasteiger partial charge in [0.25, 0.3) is 0 Å². The molecule has 0 aliphatic carbocycles. The summed E-state index contributed by atoms with van der Waals surface area (Å²) in [5.74, 6) is -0.392.